The summed E-state index contributed by atoms with van der Waals surface area (Å²) in [6.07, 6.45) is 2.89. The van der Waals surface area contributed by atoms with Crippen LogP contribution in [0.25, 0.3) is 0 Å². The topological polar surface area (TPSA) is 32.8 Å². The maximum Gasteiger partial charge on any atom is 0.234 e. The van der Waals surface area contributed by atoms with Gasteiger partial charge >= 0.3 is 0 Å². The van der Waals surface area contributed by atoms with Crippen molar-refractivity contribution < 1.29 is 9.53 Å². The highest BCUT2D eigenvalue weighted by molar-refractivity contribution is 5.98. The molecule has 0 aliphatic heterocycles. The molecule has 1 aliphatic rings. The van der Waals surface area contributed by atoms with E-state index in [9.17, 15) is 4.79 Å². The molecule has 0 saturated heterocycles. The molecule has 0 N–H and O–H groups in total. The minimum Gasteiger partial charge on any atom is -0.497 e. The second kappa shape index (κ2) is 10.3. The summed E-state index contributed by atoms with van der Waals surface area (Å²) >= 11 is 0. The van der Waals surface area contributed by atoms with Gasteiger partial charge in [-0.25, -0.2) is 0 Å². The predicted molar refractivity (Wildman–Crippen MR) is 141 cm³/mol. The maximum atomic E-state index is 14.1. The molecule has 0 heterocycles. The molecule has 178 valence electrons. The molecule has 0 spiro atoms. The van der Waals surface area contributed by atoms with Crippen LogP contribution in [0.1, 0.15) is 60.8 Å². The number of aryl methyl sites for hydroxylation is 1. The standard InChI is InChI=1S/C30H36N2O2/c1-21(2)23-11-16-26(17-12-23)32(20-22-9-14-25(15-10-22)31(3)4)30(33)28-8-6-7-24-13-18-27(34-5)19-29(24)28/h9-19,21,28H,6-8,20H2,1-5H3/t28-/m1/s1. The lowest BCUT2D eigenvalue weighted by Gasteiger charge is -2.31. The Morgan fingerprint density at radius 3 is 2.26 bits per heavy atom. The molecule has 4 nitrogen and oxygen atoms in total. The van der Waals surface area contributed by atoms with Gasteiger partial charge in [-0.3, -0.25) is 4.79 Å². The first-order chi connectivity index (χ1) is 16.4. The van der Waals surface area contributed by atoms with Crippen LogP contribution in [0.2, 0.25) is 0 Å². The van der Waals surface area contributed by atoms with Crippen molar-refractivity contribution in [3.8, 4) is 5.75 Å². The number of fused-ring (bicyclic) bond motifs is 1. The van der Waals surface area contributed by atoms with Crippen molar-refractivity contribution in [3.63, 3.8) is 0 Å². The maximum absolute atomic E-state index is 14.1. The third kappa shape index (κ3) is 5.11. The Morgan fingerprint density at radius 1 is 0.971 bits per heavy atom. The molecule has 0 radical (unpaired) electrons. The fraction of sp³-hybridized carbons (Fsp3) is 0.367. The zero-order valence-corrected chi connectivity index (χ0v) is 21.0. The van der Waals surface area contributed by atoms with Crippen molar-refractivity contribution in [3.05, 3.63) is 89.0 Å². The fourth-order valence-electron chi connectivity index (χ4n) is 4.77. The van der Waals surface area contributed by atoms with E-state index < -0.39 is 0 Å². The Hall–Kier alpha value is -3.27. The van der Waals surface area contributed by atoms with Gasteiger partial charge in [0.25, 0.3) is 0 Å². The van der Waals surface area contributed by atoms with Crippen LogP contribution in [0.15, 0.2) is 66.7 Å². The Kier molecular flexibility index (Phi) is 7.26. The quantitative estimate of drug-likeness (QED) is 0.405. The molecule has 1 aliphatic carbocycles. The highest BCUT2D eigenvalue weighted by Crippen LogP contribution is 2.37. The summed E-state index contributed by atoms with van der Waals surface area (Å²) in [7, 11) is 5.76. The van der Waals surface area contributed by atoms with Crippen LogP contribution >= 0.6 is 0 Å². The molecule has 0 fully saturated rings. The smallest absolute Gasteiger partial charge is 0.234 e. The highest BCUT2D eigenvalue weighted by atomic mass is 16.5. The summed E-state index contributed by atoms with van der Waals surface area (Å²) in [4.78, 5) is 18.2. The Balaban J connectivity index is 1.70. The number of ether oxygens (including phenoxy) is 1. The van der Waals surface area contributed by atoms with Crippen molar-refractivity contribution in [1.29, 1.82) is 0 Å². The van der Waals surface area contributed by atoms with Gasteiger partial charge in [-0.1, -0.05) is 44.2 Å². The largest absolute Gasteiger partial charge is 0.497 e. The summed E-state index contributed by atoms with van der Waals surface area (Å²) in [5.41, 5.74) is 6.86. The van der Waals surface area contributed by atoms with E-state index in [4.69, 9.17) is 4.74 Å². The van der Waals surface area contributed by atoms with Gasteiger partial charge < -0.3 is 14.5 Å². The van der Waals surface area contributed by atoms with E-state index in [0.29, 0.717) is 12.5 Å². The molecule has 1 amide bonds. The van der Waals surface area contributed by atoms with Crippen molar-refractivity contribution in [2.24, 2.45) is 0 Å². The lowest BCUT2D eigenvalue weighted by molar-refractivity contribution is -0.120. The van der Waals surface area contributed by atoms with Gasteiger partial charge in [-0.05, 0) is 83.8 Å². The molecule has 4 rings (SSSR count). The van der Waals surface area contributed by atoms with E-state index >= 15 is 0 Å². The van der Waals surface area contributed by atoms with E-state index in [2.05, 4.69) is 79.4 Å². The lowest BCUT2D eigenvalue weighted by atomic mass is 9.81. The number of rotatable bonds is 7. The number of carbonyl (C=O) groups excluding carboxylic acids is 1. The minimum absolute atomic E-state index is 0.156. The number of nitrogens with zero attached hydrogens (tertiary/aromatic N) is 2. The molecule has 3 aromatic carbocycles. The van der Waals surface area contributed by atoms with Crippen LogP contribution in [-0.4, -0.2) is 27.1 Å². The Labute approximate surface area is 204 Å². The van der Waals surface area contributed by atoms with Crippen LogP contribution in [0.4, 0.5) is 11.4 Å². The zero-order chi connectivity index (χ0) is 24.2. The Morgan fingerprint density at radius 2 is 1.65 bits per heavy atom. The van der Waals surface area contributed by atoms with Gasteiger partial charge in [0.05, 0.1) is 19.6 Å². The van der Waals surface area contributed by atoms with Gasteiger partial charge in [-0.15, -0.1) is 0 Å². The second-order valence-electron chi connectivity index (χ2n) is 9.74. The number of amides is 1. The minimum atomic E-state index is -0.162. The molecule has 0 bridgehead atoms. The van der Waals surface area contributed by atoms with E-state index in [1.807, 2.05) is 25.1 Å². The average Bonchev–Trinajstić information content (AvgIpc) is 2.86. The molecule has 3 aromatic rings. The molecule has 0 saturated carbocycles. The molecular weight excluding hydrogens is 420 g/mol. The van der Waals surface area contributed by atoms with Crippen LogP contribution in [0, 0.1) is 0 Å². The first-order valence-electron chi connectivity index (χ1n) is 12.2. The van der Waals surface area contributed by atoms with E-state index in [0.717, 1.165) is 47.5 Å². The number of methoxy groups -OCH3 is 1. The van der Waals surface area contributed by atoms with Crippen molar-refractivity contribution in [2.45, 2.75) is 51.5 Å². The summed E-state index contributed by atoms with van der Waals surface area (Å²) in [5, 5.41) is 0. The van der Waals surface area contributed by atoms with Crippen molar-refractivity contribution in [1.82, 2.24) is 0 Å². The fourth-order valence-corrected chi connectivity index (χ4v) is 4.77. The molecular formula is C30H36N2O2. The molecule has 34 heavy (non-hydrogen) atoms. The van der Waals surface area contributed by atoms with Crippen LogP contribution in [0.3, 0.4) is 0 Å². The lowest BCUT2D eigenvalue weighted by Crippen LogP contribution is -2.36. The number of anilines is 2. The van der Waals surface area contributed by atoms with Gasteiger partial charge in [-0.2, -0.15) is 0 Å². The normalized spacial score (nSPS) is 15.1. The average molecular weight is 457 g/mol. The van der Waals surface area contributed by atoms with Gasteiger partial charge in [0.15, 0.2) is 0 Å². The zero-order valence-electron chi connectivity index (χ0n) is 21.0. The van der Waals surface area contributed by atoms with Crippen molar-refractivity contribution in [2.75, 3.05) is 31.0 Å². The van der Waals surface area contributed by atoms with Crippen LogP contribution in [0.5, 0.6) is 5.75 Å². The molecule has 1 atom stereocenters. The van der Waals surface area contributed by atoms with Crippen LogP contribution < -0.4 is 14.5 Å². The molecule has 0 aromatic heterocycles. The van der Waals surface area contributed by atoms with Gasteiger partial charge in [0.2, 0.25) is 5.91 Å². The number of hydrogen-bond donors (Lipinski definition) is 0. The molecule has 4 heteroatoms. The summed E-state index contributed by atoms with van der Waals surface area (Å²) in [5.74, 6) is 1.26. The number of carbonyl (C=O) groups is 1. The Bertz CT molecular complexity index is 1120. The van der Waals surface area contributed by atoms with E-state index in [-0.39, 0.29) is 11.8 Å². The summed E-state index contributed by atoms with van der Waals surface area (Å²) in [6.45, 7) is 4.93. The highest BCUT2D eigenvalue weighted by Gasteiger charge is 2.31. The van der Waals surface area contributed by atoms with Gasteiger partial charge in [0, 0.05) is 25.5 Å². The summed E-state index contributed by atoms with van der Waals surface area (Å²) < 4.78 is 5.49. The number of benzene rings is 3. The van der Waals surface area contributed by atoms with Gasteiger partial charge in [0.1, 0.15) is 5.75 Å². The predicted octanol–water partition coefficient (Wildman–Crippen LogP) is 6.54. The first-order valence-corrected chi connectivity index (χ1v) is 12.2. The van der Waals surface area contributed by atoms with Crippen LogP contribution in [-0.2, 0) is 17.8 Å². The third-order valence-electron chi connectivity index (χ3n) is 6.90. The van der Waals surface area contributed by atoms with E-state index in [1.54, 1.807) is 7.11 Å². The SMILES string of the molecule is COc1ccc2c(c1)[C@H](C(=O)N(Cc1ccc(N(C)C)cc1)c1ccc(C(C)C)cc1)CCC2. The second-order valence-corrected chi connectivity index (χ2v) is 9.74. The first kappa shape index (κ1) is 23.9. The number of hydrogen-bond acceptors (Lipinski definition) is 3. The third-order valence-corrected chi connectivity index (χ3v) is 6.90. The van der Waals surface area contributed by atoms with E-state index in [1.165, 1.54) is 11.1 Å². The summed E-state index contributed by atoms with van der Waals surface area (Å²) in [6, 6.07) is 23.1. The van der Waals surface area contributed by atoms with Crippen molar-refractivity contribution >= 4 is 17.3 Å². The monoisotopic (exact) mass is 456 g/mol. The molecule has 0 unspecified atom stereocenters.